The lowest BCUT2D eigenvalue weighted by Gasteiger charge is -2.26. The zero-order valence-corrected chi connectivity index (χ0v) is 31.2. The lowest BCUT2D eigenvalue weighted by atomic mass is 10.0. The molecule has 0 saturated heterocycles. The molecule has 0 fully saturated rings. The standard InChI is InChI=1S/C37H63N5O8/c1-36(2,3)49-33(45)30(22-15-18-25-39-34(46)48-27-28-19-11-10-12-20-28)42-32(44)29(41-31(43)23-13-8-7-9-16-24-38)21-14-17-26-40-35(47)50-37(4,5)6/h10-12,19-20,29-30H,7-9,13-18,21-27,38H2,1-6H3,(H,39,46)(H,40,47)(H,41,43)(H,42,44). The van der Waals surface area contributed by atoms with Crippen molar-refractivity contribution in [2.75, 3.05) is 19.6 Å². The number of nitrogens with two attached hydrogens (primary N) is 1. The van der Waals surface area contributed by atoms with Gasteiger partial charge in [0, 0.05) is 19.5 Å². The predicted octanol–water partition coefficient (Wildman–Crippen LogP) is 5.39. The van der Waals surface area contributed by atoms with Gasteiger partial charge in [0.05, 0.1) is 0 Å². The average molecular weight is 706 g/mol. The van der Waals surface area contributed by atoms with Crippen LogP contribution in [0.5, 0.6) is 0 Å². The van der Waals surface area contributed by atoms with Crippen LogP contribution in [0.15, 0.2) is 30.3 Å². The van der Waals surface area contributed by atoms with Crippen molar-refractivity contribution in [3.63, 3.8) is 0 Å². The number of alkyl carbamates (subject to hydrolysis) is 2. The molecule has 2 unspecified atom stereocenters. The van der Waals surface area contributed by atoms with E-state index in [0.29, 0.717) is 58.2 Å². The van der Waals surface area contributed by atoms with Gasteiger partial charge in [-0.15, -0.1) is 0 Å². The fourth-order valence-corrected chi connectivity index (χ4v) is 4.81. The third-order valence-electron chi connectivity index (χ3n) is 7.26. The molecule has 0 aliphatic carbocycles. The summed E-state index contributed by atoms with van der Waals surface area (Å²) in [5.41, 5.74) is 5.05. The molecule has 50 heavy (non-hydrogen) atoms. The van der Waals surface area contributed by atoms with Gasteiger partial charge in [-0.05, 0) is 105 Å². The smallest absolute Gasteiger partial charge is 0.407 e. The molecular formula is C37H63N5O8. The van der Waals surface area contributed by atoms with E-state index < -0.39 is 47.3 Å². The van der Waals surface area contributed by atoms with Crippen molar-refractivity contribution >= 4 is 30.0 Å². The molecule has 2 atom stereocenters. The Morgan fingerprint density at radius 1 is 0.660 bits per heavy atom. The van der Waals surface area contributed by atoms with Crippen molar-refractivity contribution in [3.8, 4) is 0 Å². The minimum Gasteiger partial charge on any atom is -0.458 e. The molecule has 0 saturated carbocycles. The molecule has 0 aliphatic heterocycles. The highest BCUT2D eigenvalue weighted by Crippen LogP contribution is 2.13. The Balaban J connectivity index is 2.78. The molecule has 0 spiro atoms. The molecule has 6 N–H and O–H groups in total. The summed E-state index contributed by atoms with van der Waals surface area (Å²) in [5.74, 6) is -1.31. The van der Waals surface area contributed by atoms with E-state index in [4.69, 9.17) is 19.9 Å². The lowest BCUT2D eigenvalue weighted by Crippen LogP contribution is -2.52. The van der Waals surface area contributed by atoms with E-state index in [-0.39, 0.29) is 25.4 Å². The number of rotatable bonds is 23. The first-order valence-corrected chi connectivity index (χ1v) is 18.0. The second-order valence-corrected chi connectivity index (χ2v) is 14.4. The van der Waals surface area contributed by atoms with Crippen LogP contribution in [0.1, 0.15) is 124 Å². The van der Waals surface area contributed by atoms with E-state index >= 15 is 0 Å². The van der Waals surface area contributed by atoms with Gasteiger partial charge in [-0.2, -0.15) is 0 Å². The quantitative estimate of drug-likeness (QED) is 0.0565. The average Bonchev–Trinajstić information content (AvgIpc) is 3.02. The number of esters is 1. The highest BCUT2D eigenvalue weighted by atomic mass is 16.6. The summed E-state index contributed by atoms with van der Waals surface area (Å²) in [4.78, 5) is 63.7. The van der Waals surface area contributed by atoms with Gasteiger partial charge < -0.3 is 41.2 Å². The first kappa shape index (κ1) is 44.2. The van der Waals surface area contributed by atoms with E-state index in [9.17, 15) is 24.0 Å². The number of nitrogens with one attached hydrogen (secondary N) is 4. The fourth-order valence-electron chi connectivity index (χ4n) is 4.81. The maximum absolute atomic E-state index is 13.6. The predicted molar refractivity (Wildman–Crippen MR) is 193 cm³/mol. The monoisotopic (exact) mass is 705 g/mol. The van der Waals surface area contributed by atoms with Crippen LogP contribution in [0.3, 0.4) is 0 Å². The number of carbonyl (C=O) groups excluding carboxylic acids is 5. The van der Waals surface area contributed by atoms with E-state index in [0.717, 1.165) is 31.2 Å². The van der Waals surface area contributed by atoms with Gasteiger partial charge in [-0.1, -0.05) is 49.6 Å². The summed E-state index contributed by atoms with van der Waals surface area (Å²) in [6.07, 6.45) is 6.44. The number of carbonyl (C=O) groups is 5. The minimum atomic E-state index is -0.956. The largest absolute Gasteiger partial charge is 0.458 e. The fraction of sp³-hybridized carbons (Fsp3) is 0.703. The molecule has 4 amide bonds. The molecule has 13 heteroatoms. The Hall–Kier alpha value is -3.87. The summed E-state index contributed by atoms with van der Waals surface area (Å²) < 4.78 is 16.1. The van der Waals surface area contributed by atoms with Gasteiger partial charge >= 0.3 is 18.2 Å². The van der Waals surface area contributed by atoms with E-state index in [2.05, 4.69) is 21.3 Å². The Kier molecular flexibility index (Phi) is 21.5. The Morgan fingerprint density at radius 3 is 1.82 bits per heavy atom. The number of amides is 4. The molecule has 0 radical (unpaired) electrons. The van der Waals surface area contributed by atoms with Crippen molar-refractivity contribution in [2.24, 2.45) is 5.73 Å². The van der Waals surface area contributed by atoms with Crippen molar-refractivity contribution < 1.29 is 38.2 Å². The van der Waals surface area contributed by atoms with Gasteiger partial charge in [-0.25, -0.2) is 14.4 Å². The third kappa shape index (κ3) is 23.5. The van der Waals surface area contributed by atoms with Gasteiger partial charge in [0.2, 0.25) is 11.8 Å². The molecule has 1 aromatic rings. The molecular weight excluding hydrogens is 642 g/mol. The lowest BCUT2D eigenvalue weighted by molar-refractivity contribution is -0.159. The maximum atomic E-state index is 13.6. The Morgan fingerprint density at radius 2 is 1.22 bits per heavy atom. The van der Waals surface area contributed by atoms with E-state index in [1.54, 1.807) is 41.5 Å². The summed E-state index contributed by atoms with van der Waals surface area (Å²) >= 11 is 0. The third-order valence-corrected chi connectivity index (χ3v) is 7.26. The van der Waals surface area contributed by atoms with Crippen LogP contribution in [0.4, 0.5) is 9.59 Å². The summed E-state index contributed by atoms with van der Waals surface area (Å²) in [6.45, 7) is 12.1. The highest BCUT2D eigenvalue weighted by Gasteiger charge is 2.29. The molecule has 284 valence electrons. The SMILES string of the molecule is CC(C)(C)OC(=O)NCCCCC(NC(=O)CCCCCCCN)C(=O)NC(CCCCNC(=O)OCc1ccccc1)C(=O)OC(C)(C)C. The van der Waals surface area contributed by atoms with Crippen LogP contribution in [0, 0.1) is 0 Å². The van der Waals surface area contributed by atoms with Crippen LogP contribution in [0.2, 0.25) is 0 Å². The molecule has 0 heterocycles. The number of benzene rings is 1. The summed E-state index contributed by atoms with van der Waals surface area (Å²) in [6, 6.07) is 7.51. The number of hydrogen-bond donors (Lipinski definition) is 5. The number of ether oxygens (including phenoxy) is 3. The maximum Gasteiger partial charge on any atom is 0.407 e. The van der Waals surface area contributed by atoms with Gasteiger partial charge in [0.1, 0.15) is 29.9 Å². The summed E-state index contributed by atoms with van der Waals surface area (Å²) in [7, 11) is 0. The molecule has 0 aliphatic rings. The van der Waals surface area contributed by atoms with Crippen LogP contribution in [-0.2, 0) is 35.2 Å². The minimum absolute atomic E-state index is 0.159. The van der Waals surface area contributed by atoms with E-state index in [1.165, 1.54) is 0 Å². The van der Waals surface area contributed by atoms with Crippen LogP contribution >= 0.6 is 0 Å². The van der Waals surface area contributed by atoms with Crippen molar-refractivity contribution in [1.82, 2.24) is 21.3 Å². The van der Waals surface area contributed by atoms with Gasteiger partial charge in [0.25, 0.3) is 0 Å². The second-order valence-electron chi connectivity index (χ2n) is 14.4. The van der Waals surface area contributed by atoms with E-state index in [1.807, 2.05) is 30.3 Å². The van der Waals surface area contributed by atoms with Crippen molar-refractivity contribution in [2.45, 2.75) is 148 Å². The van der Waals surface area contributed by atoms with Gasteiger partial charge in [-0.3, -0.25) is 9.59 Å². The molecule has 1 rings (SSSR count). The first-order chi connectivity index (χ1) is 23.6. The normalized spacial score (nSPS) is 12.6. The van der Waals surface area contributed by atoms with Crippen LogP contribution in [0.25, 0.3) is 0 Å². The van der Waals surface area contributed by atoms with Crippen LogP contribution < -0.4 is 27.0 Å². The molecule has 13 nitrogen and oxygen atoms in total. The Labute approximate surface area is 298 Å². The topological polar surface area (TPSA) is 187 Å². The molecule has 0 aromatic heterocycles. The second kappa shape index (κ2) is 24.3. The van der Waals surface area contributed by atoms with Crippen molar-refractivity contribution in [3.05, 3.63) is 35.9 Å². The van der Waals surface area contributed by atoms with Crippen molar-refractivity contribution in [1.29, 1.82) is 0 Å². The first-order valence-electron chi connectivity index (χ1n) is 18.0. The zero-order valence-electron chi connectivity index (χ0n) is 31.2. The number of hydrogen-bond acceptors (Lipinski definition) is 9. The van der Waals surface area contributed by atoms with Crippen LogP contribution in [-0.4, -0.2) is 72.9 Å². The molecule has 0 bridgehead atoms. The summed E-state index contributed by atoms with van der Waals surface area (Å²) in [5, 5.41) is 11.1. The molecule has 1 aromatic carbocycles. The Bertz CT molecular complexity index is 1150. The number of unbranched alkanes of at least 4 members (excludes halogenated alkanes) is 6. The zero-order chi connectivity index (χ0) is 37.4. The van der Waals surface area contributed by atoms with Gasteiger partial charge in [0.15, 0.2) is 0 Å². The highest BCUT2D eigenvalue weighted by molar-refractivity contribution is 5.90.